The molecule has 124 valence electrons. The van der Waals surface area contributed by atoms with Crippen molar-refractivity contribution in [3.63, 3.8) is 0 Å². The molecule has 1 N–H and O–H groups in total. The third-order valence-corrected chi connectivity index (χ3v) is 4.20. The lowest BCUT2D eigenvalue weighted by Crippen LogP contribution is -2.22. The largest absolute Gasteiger partial charge is 0.480 e. The molecule has 0 radical (unpaired) electrons. The first-order chi connectivity index (χ1) is 10.9. The normalized spacial score (nSPS) is 12.5. The van der Waals surface area contributed by atoms with Crippen molar-refractivity contribution < 1.29 is 9.84 Å². The van der Waals surface area contributed by atoms with Crippen LogP contribution in [0.15, 0.2) is 29.2 Å². The number of aromatic nitrogens is 2. The highest BCUT2D eigenvalue weighted by atomic mass is 35.5. The first kappa shape index (κ1) is 17.8. The molecule has 7 heteroatoms. The third kappa shape index (κ3) is 3.68. The fourth-order valence-electron chi connectivity index (χ4n) is 2.39. The van der Waals surface area contributed by atoms with E-state index in [0.29, 0.717) is 16.3 Å². The maximum absolute atomic E-state index is 11.8. The summed E-state index contributed by atoms with van der Waals surface area (Å²) in [5.41, 5.74) is 0.890. The van der Waals surface area contributed by atoms with E-state index in [1.165, 1.54) is 19.2 Å². The van der Waals surface area contributed by atoms with Gasteiger partial charge in [0.15, 0.2) is 5.43 Å². The second kappa shape index (κ2) is 7.34. The first-order valence-corrected chi connectivity index (χ1v) is 7.88. The summed E-state index contributed by atoms with van der Waals surface area (Å²) < 4.78 is 6.86. The molecule has 0 aliphatic heterocycles. The standard InChI is InChI=1S/C16H18Cl2N2O3/c1-9(2)14(8-21)20-5-4-10(22)6-13(20)11-7-12(17)16(23-3)19-15(11)18/h4-7,9,14,21H,8H2,1-3H3. The van der Waals surface area contributed by atoms with E-state index in [9.17, 15) is 9.90 Å². The van der Waals surface area contributed by atoms with Crippen molar-refractivity contribution in [2.75, 3.05) is 13.7 Å². The van der Waals surface area contributed by atoms with Gasteiger partial charge >= 0.3 is 0 Å². The van der Waals surface area contributed by atoms with Crippen molar-refractivity contribution in [2.45, 2.75) is 19.9 Å². The lowest BCUT2D eigenvalue weighted by molar-refractivity contribution is 0.193. The minimum atomic E-state index is -0.206. The van der Waals surface area contributed by atoms with Crippen LogP contribution < -0.4 is 10.2 Å². The Balaban J connectivity index is 2.70. The fraction of sp³-hybridized carbons (Fsp3) is 0.375. The number of aliphatic hydroxyl groups is 1. The molecule has 1 unspecified atom stereocenters. The zero-order chi connectivity index (χ0) is 17.1. The number of aliphatic hydroxyl groups excluding tert-OH is 1. The van der Waals surface area contributed by atoms with Crippen LogP contribution in [0.5, 0.6) is 5.88 Å². The molecule has 0 aliphatic carbocycles. The first-order valence-electron chi connectivity index (χ1n) is 7.12. The van der Waals surface area contributed by atoms with Crippen molar-refractivity contribution in [2.24, 2.45) is 5.92 Å². The van der Waals surface area contributed by atoms with Crippen molar-refractivity contribution >= 4 is 23.2 Å². The lowest BCUT2D eigenvalue weighted by atomic mass is 10.0. The van der Waals surface area contributed by atoms with Gasteiger partial charge in [0, 0.05) is 23.9 Å². The number of rotatable bonds is 5. The average molecular weight is 357 g/mol. The number of pyridine rings is 2. The minimum absolute atomic E-state index is 0.0670. The van der Waals surface area contributed by atoms with Crippen molar-refractivity contribution in [1.29, 1.82) is 0 Å². The van der Waals surface area contributed by atoms with Gasteiger partial charge in [0.25, 0.3) is 0 Å². The summed E-state index contributed by atoms with van der Waals surface area (Å²) in [5.74, 6) is 0.370. The number of nitrogens with zero attached hydrogens (tertiary/aromatic N) is 2. The summed E-state index contributed by atoms with van der Waals surface area (Å²) in [5, 5.41) is 10.2. The van der Waals surface area contributed by atoms with Gasteiger partial charge in [-0.3, -0.25) is 4.79 Å². The van der Waals surface area contributed by atoms with E-state index in [4.69, 9.17) is 27.9 Å². The number of hydrogen-bond donors (Lipinski definition) is 1. The van der Waals surface area contributed by atoms with E-state index < -0.39 is 0 Å². The topological polar surface area (TPSA) is 64.3 Å². The Morgan fingerprint density at radius 1 is 1.35 bits per heavy atom. The monoisotopic (exact) mass is 356 g/mol. The van der Waals surface area contributed by atoms with Crippen LogP contribution in [0.4, 0.5) is 0 Å². The second-order valence-electron chi connectivity index (χ2n) is 5.47. The van der Waals surface area contributed by atoms with Crippen LogP contribution in [0.2, 0.25) is 10.2 Å². The number of halogens is 2. The molecule has 0 aliphatic rings. The van der Waals surface area contributed by atoms with Crippen molar-refractivity contribution in [3.05, 3.63) is 44.8 Å². The van der Waals surface area contributed by atoms with E-state index in [1.54, 1.807) is 12.3 Å². The highest BCUT2D eigenvalue weighted by molar-refractivity contribution is 6.35. The molecular formula is C16H18Cl2N2O3. The smallest absolute Gasteiger partial charge is 0.233 e. The second-order valence-corrected chi connectivity index (χ2v) is 6.23. The van der Waals surface area contributed by atoms with Crippen LogP contribution in [-0.4, -0.2) is 28.4 Å². The molecule has 23 heavy (non-hydrogen) atoms. The molecule has 0 saturated carbocycles. The lowest BCUT2D eigenvalue weighted by Gasteiger charge is -2.25. The van der Waals surface area contributed by atoms with Crippen LogP contribution in [0, 0.1) is 5.92 Å². The Morgan fingerprint density at radius 3 is 2.61 bits per heavy atom. The zero-order valence-corrected chi connectivity index (χ0v) is 14.6. The molecule has 2 aromatic heterocycles. The van der Waals surface area contributed by atoms with Gasteiger partial charge in [-0.2, -0.15) is 4.98 Å². The number of hydrogen-bond acceptors (Lipinski definition) is 4. The number of methoxy groups -OCH3 is 1. The van der Waals surface area contributed by atoms with Gasteiger partial charge in [-0.25, -0.2) is 0 Å². The maximum Gasteiger partial charge on any atom is 0.233 e. The Bertz CT molecular complexity index is 759. The third-order valence-electron chi connectivity index (χ3n) is 3.64. The number of ether oxygens (including phenoxy) is 1. The van der Waals surface area contributed by atoms with E-state index in [-0.39, 0.29) is 35.0 Å². The SMILES string of the molecule is COc1nc(Cl)c(-c2cc(=O)ccn2C(CO)C(C)C)cc1Cl. The molecule has 2 rings (SSSR count). The molecule has 0 amide bonds. The molecule has 0 spiro atoms. The van der Waals surface area contributed by atoms with Crippen LogP contribution in [0.1, 0.15) is 19.9 Å². The van der Waals surface area contributed by atoms with Crippen molar-refractivity contribution in [3.8, 4) is 17.1 Å². The Labute approximate surface area is 144 Å². The minimum Gasteiger partial charge on any atom is -0.480 e. The Hall–Kier alpha value is -1.56. The fourth-order valence-corrected chi connectivity index (χ4v) is 2.85. The Kier molecular flexibility index (Phi) is 5.68. The summed E-state index contributed by atoms with van der Waals surface area (Å²) in [6.45, 7) is 3.91. The van der Waals surface area contributed by atoms with Gasteiger partial charge in [-0.05, 0) is 12.0 Å². The maximum atomic E-state index is 11.8. The van der Waals surface area contributed by atoms with E-state index >= 15 is 0 Å². The predicted octanol–water partition coefficient (Wildman–Crippen LogP) is 3.42. The quantitative estimate of drug-likeness (QED) is 0.833. The van der Waals surface area contributed by atoms with Crippen LogP contribution in [0.25, 0.3) is 11.3 Å². The predicted molar refractivity (Wildman–Crippen MR) is 91.5 cm³/mol. The molecule has 0 fully saturated rings. The van der Waals surface area contributed by atoms with Gasteiger partial charge in [0.05, 0.1) is 25.5 Å². The van der Waals surface area contributed by atoms with Gasteiger partial charge in [-0.15, -0.1) is 0 Å². The molecule has 0 aromatic carbocycles. The highest BCUT2D eigenvalue weighted by Crippen LogP contribution is 2.35. The van der Waals surface area contributed by atoms with Crippen LogP contribution in [0.3, 0.4) is 0 Å². The Morgan fingerprint density at radius 2 is 2.04 bits per heavy atom. The zero-order valence-electron chi connectivity index (χ0n) is 13.1. The molecule has 2 heterocycles. The van der Waals surface area contributed by atoms with Gasteiger partial charge in [0.2, 0.25) is 5.88 Å². The molecule has 5 nitrogen and oxygen atoms in total. The summed E-state index contributed by atoms with van der Waals surface area (Å²) in [7, 11) is 1.45. The molecule has 1 atom stereocenters. The van der Waals surface area contributed by atoms with Crippen LogP contribution in [-0.2, 0) is 0 Å². The van der Waals surface area contributed by atoms with E-state index in [0.717, 1.165) is 0 Å². The van der Waals surface area contributed by atoms with Gasteiger partial charge in [0.1, 0.15) is 10.2 Å². The molecule has 2 aromatic rings. The molecular weight excluding hydrogens is 339 g/mol. The van der Waals surface area contributed by atoms with Gasteiger partial charge in [-0.1, -0.05) is 37.0 Å². The molecule has 0 saturated heterocycles. The highest BCUT2D eigenvalue weighted by Gasteiger charge is 2.20. The van der Waals surface area contributed by atoms with Crippen LogP contribution >= 0.6 is 23.2 Å². The van der Waals surface area contributed by atoms with Crippen molar-refractivity contribution in [1.82, 2.24) is 9.55 Å². The summed E-state index contributed by atoms with van der Waals surface area (Å²) >= 11 is 12.4. The summed E-state index contributed by atoms with van der Waals surface area (Å²) in [6.07, 6.45) is 1.65. The average Bonchev–Trinajstić information content (AvgIpc) is 2.51. The summed E-state index contributed by atoms with van der Waals surface area (Å²) in [6, 6.07) is 4.30. The van der Waals surface area contributed by atoms with E-state index in [2.05, 4.69) is 4.98 Å². The van der Waals surface area contributed by atoms with E-state index in [1.807, 2.05) is 18.4 Å². The molecule has 0 bridgehead atoms. The summed E-state index contributed by atoms with van der Waals surface area (Å²) in [4.78, 5) is 15.9. The van der Waals surface area contributed by atoms with Gasteiger partial charge < -0.3 is 14.4 Å².